The van der Waals surface area contributed by atoms with E-state index in [1.807, 2.05) is 23.6 Å². The number of thiophene rings is 1. The van der Waals surface area contributed by atoms with Crippen LogP contribution >= 0.6 is 11.3 Å². The molecule has 2 amide bonds. The molecule has 0 unspecified atom stereocenters. The van der Waals surface area contributed by atoms with Crippen LogP contribution in [0.2, 0.25) is 0 Å². The fourth-order valence-electron chi connectivity index (χ4n) is 2.30. The molecule has 0 aliphatic heterocycles. The molecule has 0 fully saturated rings. The summed E-state index contributed by atoms with van der Waals surface area (Å²) < 4.78 is 10.5. The van der Waals surface area contributed by atoms with Crippen LogP contribution in [0.4, 0.5) is 0 Å². The van der Waals surface area contributed by atoms with Crippen molar-refractivity contribution in [1.82, 2.24) is 4.90 Å². The van der Waals surface area contributed by atoms with Crippen LogP contribution in [-0.4, -0.2) is 37.5 Å². The molecule has 0 spiro atoms. The molecule has 0 bridgehead atoms. The molecule has 2 N–H and O–H groups in total. The second kappa shape index (κ2) is 8.35. The van der Waals surface area contributed by atoms with Crippen LogP contribution < -0.4 is 15.2 Å². The minimum Gasteiger partial charge on any atom is -0.497 e. The SMILES string of the molecule is COc1ccc(CN(CCc2cccs2)C(=O)C(N)=O)c(OC)c1. The maximum atomic E-state index is 12.1. The van der Waals surface area contributed by atoms with Gasteiger partial charge in [-0.25, -0.2) is 0 Å². The summed E-state index contributed by atoms with van der Waals surface area (Å²) in [5.41, 5.74) is 5.95. The lowest BCUT2D eigenvalue weighted by Crippen LogP contribution is -2.41. The Morgan fingerprint density at radius 1 is 1.21 bits per heavy atom. The number of nitrogens with two attached hydrogens (primary N) is 1. The normalized spacial score (nSPS) is 10.2. The van der Waals surface area contributed by atoms with Gasteiger partial charge in [0.15, 0.2) is 0 Å². The van der Waals surface area contributed by atoms with Gasteiger partial charge in [0.2, 0.25) is 0 Å². The van der Waals surface area contributed by atoms with Crippen LogP contribution in [0.3, 0.4) is 0 Å². The molecule has 0 radical (unpaired) electrons. The average molecular weight is 348 g/mol. The standard InChI is InChI=1S/C17H20N2O4S/c1-22-13-6-5-12(15(10-13)23-2)11-19(17(21)16(18)20)8-7-14-4-3-9-24-14/h3-6,9-10H,7-8,11H2,1-2H3,(H2,18,20). The molecule has 1 heterocycles. The third kappa shape index (κ3) is 4.48. The van der Waals surface area contributed by atoms with Crippen LogP contribution in [0, 0.1) is 0 Å². The average Bonchev–Trinajstić information content (AvgIpc) is 3.11. The summed E-state index contributed by atoms with van der Waals surface area (Å²) in [5.74, 6) is -0.423. The lowest BCUT2D eigenvalue weighted by atomic mass is 10.1. The Bertz CT molecular complexity index is 701. The molecule has 0 saturated heterocycles. The third-order valence-corrected chi connectivity index (χ3v) is 4.50. The number of primary amides is 1. The van der Waals surface area contributed by atoms with Gasteiger partial charge >= 0.3 is 11.8 Å². The molecule has 1 aromatic carbocycles. The number of amides is 2. The van der Waals surface area contributed by atoms with Crippen molar-refractivity contribution in [3.8, 4) is 11.5 Å². The highest BCUT2D eigenvalue weighted by atomic mass is 32.1. The molecule has 0 saturated carbocycles. The van der Waals surface area contributed by atoms with Crippen molar-refractivity contribution < 1.29 is 19.1 Å². The fourth-order valence-corrected chi connectivity index (χ4v) is 2.99. The van der Waals surface area contributed by atoms with Crippen molar-refractivity contribution in [2.24, 2.45) is 5.73 Å². The van der Waals surface area contributed by atoms with Crippen LogP contribution in [0.15, 0.2) is 35.7 Å². The van der Waals surface area contributed by atoms with Gasteiger partial charge < -0.3 is 20.1 Å². The molecular weight excluding hydrogens is 328 g/mol. The van der Waals surface area contributed by atoms with E-state index in [9.17, 15) is 9.59 Å². The van der Waals surface area contributed by atoms with Gasteiger partial charge in [-0.1, -0.05) is 6.07 Å². The summed E-state index contributed by atoms with van der Waals surface area (Å²) >= 11 is 1.61. The first-order chi connectivity index (χ1) is 11.5. The predicted molar refractivity (Wildman–Crippen MR) is 92.2 cm³/mol. The zero-order valence-corrected chi connectivity index (χ0v) is 14.5. The van der Waals surface area contributed by atoms with E-state index in [0.717, 1.165) is 10.4 Å². The molecule has 24 heavy (non-hydrogen) atoms. The molecule has 0 atom stereocenters. The van der Waals surface area contributed by atoms with Gasteiger partial charge in [-0.15, -0.1) is 11.3 Å². The monoisotopic (exact) mass is 348 g/mol. The Morgan fingerprint density at radius 2 is 2.00 bits per heavy atom. The summed E-state index contributed by atoms with van der Waals surface area (Å²) in [6, 6.07) is 9.27. The molecular formula is C17H20N2O4S. The van der Waals surface area contributed by atoms with Crippen molar-refractivity contribution in [2.75, 3.05) is 20.8 Å². The van der Waals surface area contributed by atoms with E-state index >= 15 is 0 Å². The summed E-state index contributed by atoms with van der Waals surface area (Å²) in [7, 11) is 3.11. The summed E-state index contributed by atoms with van der Waals surface area (Å²) in [4.78, 5) is 26.0. The van der Waals surface area contributed by atoms with E-state index in [0.29, 0.717) is 24.5 Å². The van der Waals surface area contributed by atoms with Crippen LogP contribution in [0.5, 0.6) is 11.5 Å². The van der Waals surface area contributed by atoms with Gasteiger partial charge in [0.25, 0.3) is 0 Å². The fraction of sp³-hybridized carbons (Fsp3) is 0.294. The zero-order chi connectivity index (χ0) is 17.5. The van der Waals surface area contributed by atoms with Crippen molar-refractivity contribution in [3.63, 3.8) is 0 Å². The predicted octanol–water partition coefficient (Wildman–Crippen LogP) is 1.82. The first-order valence-electron chi connectivity index (χ1n) is 7.37. The molecule has 2 rings (SSSR count). The second-order valence-electron chi connectivity index (χ2n) is 5.10. The maximum Gasteiger partial charge on any atom is 0.311 e. The van der Waals surface area contributed by atoms with Crippen LogP contribution in [-0.2, 0) is 22.6 Å². The Morgan fingerprint density at radius 3 is 2.58 bits per heavy atom. The summed E-state index contributed by atoms with van der Waals surface area (Å²) in [6.45, 7) is 0.637. The minimum absolute atomic E-state index is 0.236. The number of ether oxygens (including phenoxy) is 2. The van der Waals surface area contributed by atoms with E-state index in [-0.39, 0.29) is 6.54 Å². The van der Waals surface area contributed by atoms with Gasteiger partial charge in [-0.3, -0.25) is 9.59 Å². The Labute approximate surface area is 144 Å². The number of benzene rings is 1. The largest absolute Gasteiger partial charge is 0.497 e. The first kappa shape index (κ1) is 17.8. The summed E-state index contributed by atoms with van der Waals surface area (Å²) in [5, 5.41) is 1.97. The van der Waals surface area contributed by atoms with Crippen molar-refractivity contribution in [3.05, 3.63) is 46.2 Å². The smallest absolute Gasteiger partial charge is 0.311 e. The summed E-state index contributed by atoms with van der Waals surface area (Å²) in [6.07, 6.45) is 0.662. The highest BCUT2D eigenvalue weighted by molar-refractivity contribution is 7.09. The topological polar surface area (TPSA) is 81.9 Å². The van der Waals surface area contributed by atoms with Crippen molar-refractivity contribution >= 4 is 23.2 Å². The number of carbonyl (C=O) groups excluding carboxylic acids is 2. The van der Waals surface area contributed by atoms with E-state index < -0.39 is 11.8 Å². The van der Waals surface area contributed by atoms with Crippen LogP contribution in [0.25, 0.3) is 0 Å². The molecule has 6 nitrogen and oxygen atoms in total. The van der Waals surface area contributed by atoms with E-state index in [1.54, 1.807) is 37.7 Å². The number of rotatable bonds is 7. The van der Waals surface area contributed by atoms with E-state index in [4.69, 9.17) is 15.2 Å². The lowest BCUT2D eigenvalue weighted by Gasteiger charge is -2.22. The minimum atomic E-state index is -0.964. The van der Waals surface area contributed by atoms with E-state index in [1.165, 1.54) is 4.90 Å². The Hall–Kier alpha value is -2.54. The molecule has 2 aromatic rings. The van der Waals surface area contributed by atoms with Gasteiger partial charge in [0, 0.05) is 29.6 Å². The van der Waals surface area contributed by atoms with E-state index in [2.05, 4.69) is 0 Å². The van der Waals surface area contributed by atoms with Gasteiger partial charge in [0.1, 0.15) is 11.5 Å². The zero-order valence-electron chi connectivity index (χ0n) is 13.7. The van der Waals surface area contributed by atoms with Crippen molar-refractivity contribution in [2.45, 2.75) is 13.0 Å². The second-order valence-corrected chi connectivity index (χ2v) is 6.13. The number of nitrogens with zero attached hydrogens (tertiary/aromatic N) is 1. The van der Waals surface area contributed by atoms with Crippen molar-refractivity contribution in [1.29, 1.82) is 0 Å². The molecule has 7 heteroatoms. The number of hydrogen-bond acceptors (Lipinski definition) is 5. The Kier molecular flexibility index (Phi) is 6.20. The van der Waals surface area contributed by atoms with Gasteiger partial charge in [-0.2, -0.15) is 0 Å². The highest BCUT2D eigenvalue weighted by Gasteiger charge is 2.21. The Balaban J connectivity index is 2.18. The quantitative estimate of drug-likeness (QED) is 0.774. The maximum absolute atomic E-state index is 12.1. The van der Waals surface area contributed by atoms with Crippen LogP contribution in [0.1, 0.15) is 10.4 Å². The first-order valence-corrected chi connectivity index (χ1v) is 8.25. The number of methoxy groups -OCH3 is 2. The molecule has 0 aliphatic carbocycles. The number of hydrogen-bond donors (Lipinski definition) is 1. The molecule has 0 aliphatic rings. The molecule has 128 valence electrons. The van der Waals surface area contributed by atoms with Gasteiger partial charge in [0.05, 0.1) is 14.2 Å². The van der Waals surface area contributed by atoms with Gasteiger partial charge in [-0.05, 0) is 30.0 Å². The number of carbonyl (C=O) groups is 2. The molecule has 1 aromatic heterocycles. The third-order valence-electron chi connectivity index (χ3n) is 3.56. The highest BCUT2D eigenvalue weighted by Crippen LogP contribution is 2.26. The lowest BCUT2D eigenvalue weighted by molar-refractivity contribution is -0.144.